The van der Waals surface area contributed by atoms with Gasteiger partial charge in [-0.1, -0.05) is 13.8 Å². The van der Waals surface area contributed by atoms with Crippen molar-refractivity contribution in [3.05, 3.63) is 6.33 Å². The van der Waals surface area contributed by atoms with Crippen LogP contribution < -0.4 is 10.5 Å². The largest absolute Gasteiger partial charge is 0.381 e. The molecule has 0 saturated carbocycles. The van der Waals surface area contributed by atoms with E-state index >= 15 is 0 Å². The summed E-state index contributed by atoms with van der Waals surface area (Å²) < 4.78 is 28.5. The SMILES string of the molecule is CCC(CC)(CNS(=O)(=O)c1c(N)ncn1C)SC. The monoisotopic (exact) mass is 306 g/mol. The van der Waals surface area contributed by atoms with Crippen LogP contribution in [-0.2, 0) is 17.1 Å². The minimum Gasteiger partial charge on any atom is -0.381 e. The van der Waals surface area contributed by atoms with Crippen molar-refractivity contribution in [1.29, 1.82) is 0 Å². The highest BCUT2D eigenvalue weighted by atomic mass is 32.2. The van der Waals surface area contributed by atoms with Crippen LogP contribution in [0, 0.1) is 0 Å². The predicted molar refractivity (Wildman–Crippen MR) is 79.6 cm³/mol. The fourth-order valence-corrected chi connectivity index (χ4v) is 4.16. The second-order valence-electron chi connectivity index (χ2n) is 4.46. The van der Waals surface area contributed by atoms with Gasteiger partial charge in [0.2, 0.25) is 0 Å². The molecular formula is C11H22N4O2S2. The van der Waals surface area contributed by atoms with Crippen molar-refractivity contribution in [1.82, 2.24) is 14.3 Å². The van der Waals surface area contributed by atoms with Crippen molar-refractivity contribution < 1.29 is 8.42 Å². The maximum atomic E-state index is 12.3. The number of thioether (sulfide) groups is 1. The summed E-state index contributed by atoms with van der Waals surface area (Å²) in [6, 6.07) is 0. The quantitative estimate of drug-likeness (QED) is 0.790. The van der Waals surface area contributed by atoms with E-state index < -0.39 is 10.0 Å². The summed E-state index contributed by atoms with van der Waals surface area (Å²) in [6.07, 6.45) is 5.19. The normalized spacial score (nSPS) is 12.8. The van der Waals surface area contributed by atoms with Crippen LogP contribution in [0.25, 0.3) is 0 Å². The molecule has 0 atom stereocenters. The number of rotatable bonds is 7. The van der Waals surface area contributed by atoms with E-state index in [2.05, 4.69) is 23.6 Å². The van der Waals surface area contributed by atoms with Crippen molar-refractivity contribution in [2.45, 2.75) is 36.5 Å². The topological polar surface area (TPSA) is 90.0 Å². The van der Waals surface area contributed by atoms with Crippen LogP contribution in [0.15, 0.2) is 11.4 Å². The van der Waals surface area contributed by atoms with Gasteiger partial charge in [-0.25, -0.2) is 18.1 Å². The summed E-state index contributed by atoms with van der Waals surface area (Å²) in [4.78, 5) is 3.80. The summed E-state index contributed by atoms with van der Waals surface area (Å²) >= 11 is 1.68. The van der Waals surface area contributed by atoms with Crippen LogP contribution in [0.2, 0.25) is 0 Å². The van der Waals surface area contributed by atoms with Crippen LogP contribution in [0.1, 0.15) is 26.7 Å². The zero-order valence-electron chi connectivity index (χ0n) is 11.8. The van der Waals surface area contributed by atoms with Gasteiger partial charge in [-0.2, -0.15) is 11.8 Å². The van der Waals surface area contributed by atoms with Crippen LogP contribution in [-0.4, -0.2) is 35.5 Å². The highest BCUT2D eigenvalue weighted by Crippen LogP contribution is 2.30. The number of nitrogen functional groups attached to an aromatic ring is 1. The molecular weight excluding hydrogens is 284 g/mol. The molecule has 0 aliphatic heterocycles. The Balaban J connectivity index is 2.93. The van der Waals surface area contributed by atoms with E-state index in [0.717, 1.165) is 12.8 Å². The zero-order valence-corrected chi connectivity index (χ0v) is 13.4. The Kier molecular flexibility index (Phi) is 5.28. The van der Waals surface area contributed by atoms with E-state index in [9.17, 15) is 8.42 Å². The first-order chi connectivity index (χ1) is 8.82. The lowest BCUT2D eigenvalue weighted by Gasteiger charge is -2.29. The molecule has 0 aliphatic rings. The molecule has 0 fully saturated rings. The number of aryl methyl sites for hydroxylation is 1. The second kappa shape index (κ2) is 6.15. The van der Waals surface area contributed by atoms with Crippen LogP contribution in [0.5, 0.6) is 0 Å². The molecule has 0 saturated heterocycles. The Morgan fingerprint density at radius 2 is 2.05 bits per heavy atom. The Labute approximate surface area is 119 Å². The lowest BCUT2D eigenvalue weighted by atomic mass is 10.0. The maximum absolute atomic E-state index is 12.3. The Bertz CT molecular complexity index is 493. The van der Waals surface area contributed by atoms with Gasteiger partial charge < -0.3 is 10.3 Å². The van der Waals surface area contributed by atoms with Gasteiger partial charge in [-0.15, -0.1) is 0 Å². The molecule has 8 heteroatoms. The molecule has 1 aromatic heterocycles. The fraction of sp³-hybridized carbons (Fsp3) is 0.727. The molecule has 0 amide bonds. The molecule has 3 N–H and O–H groups in total. The number of hydrogen-bond acceptors (Lipinski definition) is 5. The lowest BCUT2D eigenvalue weighted by molar-refractivity contribution is 0.518. The van der Waals surface area contributed by atoms with E-state index in [0.29, 0.717) is 6.54 Å². The van der Waals surface area contributed by atoms with E-state index in [4.69, 9.17) is 5.73 Å². The number of sulfonamides is 1. The van der Waals surface area contributed by atoms with Crippen molar-refractivity contribution in [2.75, 3.05) is 18.5 Å². The smallest absolute Gasteiger partial charge is 0.260 e. The van der Waals surface area contributed by atoms with E-state index in [1.807, 2.05) is 6.26 Å². The molecule has 0 radical (unpaired) electrons. The van der Waals surface area contributed by atoms with Gasteiger partial charge in [0, 0.05) is 18.3 Å². The first-order valence-electron chi connectivity index (χ1n) is 6.13. The second-order valence-corrected chi connectivity index (χ2v) is 7.42. The Morgan fingerprint density at radius 1 is 1.47 bits per heavy atom. The summed E-state index contributed by atoms with van der Waals surface area (Å²) in [5.41, 5.74) is 5.61. The third-order valence-corrected chi connectivity index (χ3v) is 6.59. The van der Waals surface area contributed by atoms with Crippen molar-refractivity contribution in [3.63, 3.8) is 0 Å². The number of aromatic nitrogens is 2. The average Bonchev–Trinajstić information content (AvgIpc) is 2.72. The average molecular weight is 306 g/mol. The predicted octanol–water partition coefficient (Wildman–Crippen LogP) is 1.20. The minimum absolute atomic E-state index is 0.0229. The van der Waals surface area contributed by atoms with Gasteiger partial charge in [0.05, 0.1) is 6.33 Å². The Morgan fingerprint density at radius 3 is 2.42 bits per heavy atom. The van der Waals surface area contributed by atoms with Crippen molar-refractivity contribution in [3.8, 4) is 0 Å². The molecule has 0 bridgehead atoms. The summed E-state index contributed by atoms with van der Waals surface area (Å²) in [5, 5.41) is 0.0229. The summed E-state index contributed by atoms with van der Waals surface area (Å²) in [7, 11) is -2.02. The molecule has 0 aromatic carbocycles. The van der Waals surface area contributed by atoms with Crippen LogP contribution >= 0.6 is 11.8 Å². The first-order valence-corrected chi connectivity index (χ1v) is 8.84. The maximum Gasteiger partial charge on any atom is 0.260 e. The standard InChI is InChI=1S/C11H22N4O2S2/c1-5-11(6-2,18-4)7-14-19(16,17)10-9(12)13-8-15(10)3/h8,14H,5-7,12H2,1-4H3. The Hall–Kier alpha value is -0.730. The minimum atomic E-state index is -3.63. The van der Waals surface area contributed by atoms with Gasteiger partial charge in [0.25, 0.3) is 10.0 Å². The van der Waals surface area contributed by atoms with Crippen LogP contribution in [0.4, 0.5) is 5.82 Å². The number of nitrogens with two attached hydrogens (primary N) is 1. The third kappa shape index (κ3) is 3.43. The number of imidazole rings is 1. The lowest BCUT2D eigenvalue weighted by Crippen LogP contribution is -2.40. The van der Waals surface area contributed by atoms with Crippen molar-refractivity contribution in [2.24, 2.45) is 7.05 Å². The fourth-order valence-electron chi connectivity index (χ4n) is 1.92. The van der Waals surface area contributed by atoms with E-state index in [-0.39, 0.29) is 15.6 Å². The molecule has 0 spiro atoms. The molecule has 0 aliphatic carbocycles. The third-order valence-electron chi connectivity index (χ3n) is 3.47. The number of nitrogens with zero attached hydrogens (tertiary/aromatic N) is 2. The highest BCUT2D eigenvalue weighted by molar-refractivity contribution is 8.00. The molecule has 19 heavy (non-hydrogen) atoms. The molecule has 1 rings (SSSR count). The molecule has 1 aromatic rings. The molecule has 110 valence electrons. The van der Waals surface area contributed by atoms with E-state index in [1.54, 1.807) is 18.8 Å². The summed E-state index contributed by atoms with van der Waals surface area (Å²) in [5.74, 6) is 0.0257. The number of nitrogens with one attached hydrogen (secondary N) is 1. The molecule has 0 unspecified atom stereocenters. The molecule has 1 heterocycles. The van der Waals surface area contributed by atoms with Crippen LogP contribution in [0.3, 0.4) is 0 Å². The molecule has 6 nitrogen and oxygen atoms in total. The highest BCUT2D eigenvalue weighted by Gasteiger charge is 2.29. The zero-order chi connectivity index (χ0) is 14.7. The van der Waals surface area contributed by atoms with Gasteiger partial charge in [0.1, 0.15) is 0 Å². The van der Waals surface area contributed by atoms with Gasteiger partial charge in [-0.3, -0.25) is 0 Å². The van der Waals surface area contributed by atoms with Crippen molar-refractivity contribution >= 4 is 27.6 Å². The van der Waals surface area contributed by atoms with Gasteiger partial charge >= 0.3 is 0 Å². The van der Waals surface area contributed by atoms with E-state index in [1.165, 1.54) is 10.9 Å². The van der Waals surface area contributed by atoms with Gasteiger partial charge in [0.15, 0.2) is 10.8 Å². The first kappa shape index (κ1) is 16.3. The summed E-state index contributed by atoms with van der Waals surface area (Å²) in [6.45, 7) is 4.51. The number of anilines is 1. The number of hydrogen-bond donors (Lipinski definition) is 2. The van der Waals surface area contributed by atoms with Gasteiger partial charge in [-0.05, 0) is 19.1 Å².